The monoisotopic (exact) mass is 288 g/mol. The first-order valence-corrected chi connectivity index (χ1v) is 7.24. The number of benzene rings is 2. The molecule has 20 heavy (non-hydrogen) atoms. The van der Waals surface area contributed by atoms with Gasteiger partial charge >= 0.3 is 0 Å². The van der Waals surface area contributed by atoms with Crippen molar-refractivity contribution in [3.8, 4) is 5.75 Å². The zero-order valence-electron chi connectivity index (χ0n) is 11.1. The third kappa shape index (κ3) is 2.82. The minimum Gasteiger partial charge on any atom is -0.493 e. The number of hydrogen-bond acceptors (Lipinski definition) is 2. The van der Waals surface area contributed by atoms with Crippen LogP contribution in [0.2, 0.25) is 5.02 Å². The van der Waals surface area contributed by atoms with Crippen molar-refractivity contribution >= 4 is 11.6 Å². The third-order valence-corrected chi connectivity index (χ3v) is 4.21. The zero-order chi connectivity index (χ0) is 13.9. The zero-order valence-corrected chi connectivity index (χ0v) is 11.9. The highest BCUT2D eigenvalue weighted by atomic mass is 35.5. The minimum absolute atomic E-state index is 0.112. The van der Waals surface area contributed by atoms with Gasteiger partial charge in [0.2, 0.25) is 0 Å². The molecule has 0 aliphatic carbocycles. The van der Waals surface area contributed by atoms with Crippen LogP contribution in [-0.2, 0) is 12.8 Å². The van der Waals surface area contributed by atoms with Gasteiger partial charge in [0.15, 0.2) is 0 Å². The van der Waals surface area contributed by atoms with E-state index in [0.29, 0.717) is 18.1 Å². The molecule has 2 aromatic carbocycles. The van der Waals surface area contributed by atoms with Gasteiger partial charge in [-0.15, -0.1) is 0 Å². The molecule has 1 aliphatic rings. The Kier molecular flexibility index (Phi) is 3.95. The van der Waals surface area contributed by atoms with E-state index in [1.165, 1.54) is 5.56 Å². The van der Waals surface area contributed by atoms with Crippen LogP contribution in [0.5, 0.6) is 5.75 Å². The summed E-state index contributed by atoms with van der Waals surface area (Å²) in [4.78, 5) is 0. The van der Waals surface area contributed by atoms with Crippen LogP contribution in [0.1, 0.15) is 11.1 Å². The summed E-state index contributed by atoms with van der Waals surface area (Å²) in [6.07, 6.45) is 0.973. The average molecular weight is 289 g/mol. The van der Waals surface area contributed by atoms with Crippen molar-refractivity contribution in [1.82, 2.24) is 0 Å². The average Bonchev–Trinajstić information content (AvgIpc) is 2.49. The fourth-order valence-corrected chi connectivity index (χ4v) is 2.87. The van der Waals surface area contributed by atoms with Crippen LogP contribution in [-0.4, -0.2) is 17.8 Å². The van der Waals surface area contributed by atoms with Crippen molar-refractivity contribution in [3.63, 3.8) is 0 Å². The van der Waals surface area contributed by atoms with Crippen LogP contribution in [0.3, 0.4) is 0 Å². The minimum atomic E-state index is -0.441. The van der Waals surface area contributed by atoms with Gasteiger partial charge in [0.1, 0.15) is 5.75 Å². The molecule has 3 rings (SSSR count). The molecule has 2 atom stereocenters. The molecule has 1 aliphatic heterocycles. The van der Waals surface area contributed by atoms with Gasteiger partial charge in [-0.2, -0.15) is 0 Å². The lowest BCUT2D eigenvalue weighted by Gasteiger charge is -2.29. The van der Waals surface area contributed by atoms with Gasteiger partial charge in [-0.25, -0.2) is 0 Å². The van der Waals surface area contributed by atoms with Gasteiger partial charge in [-0.1, -0.05) is 48.0 Å². The van der Waals surface area contributed by atoms with Crippen LogP contribution >= 0.6 is 11.6 Å². The molecule has 0 aromatic heterocycles. The third-order valence-electron chi connectivity index (χ3n) is 3.84. The maximum absolute atomic E-state index is 10.4. The maximum atomic E-state index is 10.4. The molecule has 0 bridgehead atoms. The lowest BCUT2D eigenvalue weighted by atomic mass is 9.89. The molecule has 1 heterocycles. The number of para-hydroxylation sites is 1. The molecule has 0 amide bonds. The number of aliphatic hydroxyl groups excluding tert-OH is 1. The van der Waals surface area contributed by atoms with E-state index in [4.69, 9.17) is 16.3 Å². The van der Waals surface area contributed by atoms with Crippen molar-refractivity contribution in [2.45, 2.75) is 18.9 Å². The van der Waals surface area contributed by atoms with Gasteiger partial charge in [0.05, 0.1) is 12.7 Å². The maximum Gasteiger partial charge on any atom is 0.122 e. The molecule has 2 unspecified atom stereocenters. The van der Waals surface area contributed by atoms with Gasteiger partial charge < -0.3 is 9.84 Å². The van der Waals surface area contributed by atoms with Gasteiger partial charge in [0.25, 0.3) is 0 Å². The summed E-state index contributed by atoms with van der Waals surface area (Å²) < 4.78 is 5.73. The molecule has 0 saturated heterocycles. The summed E-state index contributed by atoms with van der Waals surface area (Å²) in [6.45, 7) is 0.558. The molecule has 2 nitrogen and oxygen atoms in total. The van der Waals surface area contributed by atoms with Crippen molar-refractivity contribution in [3.05, 3.63) is 64.7 Å². The predicted molar refractivity (Wildman–Crippen MR) is 80.3 cm³/mol. The number of halogens is 1. The number of aliphatic hydroxyl groups is 1. The van der Waals surface area contributed by atoms with E-state index in [9.17, 15) is 5.11 Å². The Morgan fingerprint density at radius 3 is 2.75 bits per heavy atom. The molecule has 3 heteroatoms. The molecule has 104 valence electrons. The van der Waals surface area contributed by atoms with Crippen molar-refractivity contribution < 1.29 is 9.84 Å². The van der Waals surface area contributed by atoms with E-state index in [1.807, 2.05) is 42.5 Å². The van der Waals surface area contributed by atoms with E-state index in [-0.39, 0.29) is 5.92 Å². The highest BCUT2D eigenvalue weighted by Crippen LogP contribution is 2.29. The lowest BCUT2D eigenvalue weighted by molar-refractivity contribution is 0.0653. The normalized spacial score (nSPS) is 19.0. The second-order valence-electron chi connectivity index (χ2n) is 5.25. The Labute approximate surface area is 124 Å². The highest BCUT2D eigenvalue weighted by Gasteiger charge is 2.26. The van der Waals surface area contributed by atoms with E-state index in [0.717, 1.165) is 17.7 Å². The highest BCUT2D eigenvalue weighted by molar-refractivity contribution is 6.31. The number of hydrogen-bond donors (Lipinski definition) is 1. The lowest BCUT2D eigenvalue weighted by Crippen LogP contribution is -2.33. The Hall–Kier alpha value is -1.51. The van der Waals surface area contributed by atoms with Crippen LogP contribution in [0.4, 0.5) is 0 Å². The second kappa shape index (κ2) is 5.86. The second-order valence-corrected chi connectivity index (χ2v) is 5.65. The molecule has 0 radical (unpaired) electrons. The topological polar surface area (TPSA) is 29.5 Å². The quantitative estimate of drug-likeness (QED) is 0.937. The van der Waals surface area contributed by atoms with Crippen molar-refractivity contribution in [2.75, 3.05) is 6.61 Å². The van der Waals surface area contributed by atoms with Crippen LogP contribution in [0, 0.1) is 5.92 Å². The van der Waals surface area contributed by atoms with Crippen molar-refractivity contribution in [1.29, 1.82) is 0 Å². The summed E-state index contributed by atoms with van der Waals surface area (Å²) in [5, 5.41) is 11.2. The summed E-state index contributed by atoms with van der Waals surface area (Å²) in [6, 6.07) is 15.7. The Bertz CT molecular complexity index is 597. The molecule has 2 aromatic rings. The van der Waals surface area contributed by atoms with Gasteiger partial charge in [0, 0.05) is 17.4 Å². The van der Waals surface area contributed by atoms with Gasteiger partial charge in [-0.3, -0.25) is 0 Å². The van der Waals surface area contributed by atoms with Crippen molar-refractivity contribution in [2.24, 2.45) is 5.92 Å². The first-order valence-electron chi connectivity index (χ1n) is 6.86. The number of ether oxygens (including phenoxy) is 1. The largest absolute Gasteiger partial charge is 0.493 e. The summed E-state index contributed by atoms with van der Waals surface area (Å²) >= 11 is 6.15. The molecule has 1 N–H and O–H groups in total. The standard InChI is InChI=1S/C17H17ClO2/c18-15-7-3-1-5-12(15)10-16(19)14-9-13-6-2-4-8-17(13)20-11-14/h1-8,14,16,19H,9-11H2. The Balaban J connectivity index is 1.70. The summed E-state index contributed by atoms with van der Waals surface area (Å²) in [7, 11) is 0. The Morgan fingerprint density at radius 2 is 1.90 bits per heavy atom. The SMILES string of the molecule is OC(Cc1ccccc1Cl)C1COc2ccccc2C1. The molecule has 0 fully saturated rings. The van der Waals surface area contributed by atoms with Crippen LogP contribution in [0.25, 0.3) is 0 Å². The first kappa shape index (κ1) is 13.5. The number of fused-ring (bicyclic) bond motifs is 1. The Morgan fingerprint density at radius 1 is 1.15 bits per heavy atom. The molecule has 0 spiro atoms. The fraction of sp³-hybridized carbons (Fsp3) is 0.294. The smallest absolute Gasteiger partial charge is 0.122 e. The summed E-state index contributed by atoms with van der Waals surface area (Å²) in [5.74, 6) is 1.05. The van der Waals surface area contributed by atoms with E-state index in [2.05, 4.69) is 6.07 Å². The number of rotatable bonds is 3. The molecular weight excluding hydrogens is 272 g/mol. The van der Waals surface area contributed by atoms with E-state index < -0.39 is 6.10 Å². The van der Waals surface area contributed by atoms with E-state index in [1.54, 1.807) is 0 Å². The fourth-order valence-electron chi connectivity index (χ4n) is 2.65. The molecular formula is C17H17ClO2. The van der Waals surface area contributed by atoms with E-state index >= 15 is 0 Å². The summed E-state index contributed by atoms with van der Waals surface area (Å²) in [5.41, 5.74) is 2.16. The first-order chi connectivity index (χ1) is 9.74. The van der Waals surface area contributed by atoms with Crippen LogP contribution < -0.4 is 4.74 Å². The van der Waals surface area contributed by atoms with Gasteiger partial charge in [-0.05, 0) is 29.7 Å². The van der Waals surface area contributed by atoms with Crippen LogP contribution in [0.15, 0.2) is 48.5 Å². The predicted octanol–water partition coefficient (Wildman–Crippen LogP) is 3.49. The molecule has 0 saturated carbocycles.